The molecule has 2 nitrogen and oxygen atoms in total. The maximum Gasteiger partial charge on any atom is 0.108 e. The second-order valence-corrected chi connectivity index (χ2v) is 5.86. The molecular formula is C15H21ClO2. The van der Waals surface area contributed by atoms with Crippen molar-refractivity contribution < 1.29 is 9.84 Å². The molecule has 1 aliphatic rings. The molecule has 1 N–H and O–H groups in total. The predicted molar refractivity (Wildman–Crippen MR) is 73.8 cm³/mol. The van der Waals surface area contributed by atoms with Crippen LogP contribution in [0, 0.1) is 5.92 Å². The van der Waals surface area contributed by atoms with Crippen molar-refractivity contribution in [1.82, 2.24) is 0 Å². The quantitative estimate of drug-likeness (QED) is 0.899. The van der Waals surface area contributed by atoms with Gasteiger partial charge in [-0.2, -0.15) is 0 Å². The minimum absolute atomic E-state index is 0.456. The zero-order valence-corrected chi connectivity index (χ0v) is 11.8. The lowest BCUT2D eigenvalue weighted by molar-refractivity contribution is -0.134. The van der Waals surface area contributed by atoms with Crippen molar-refractivity contribution >= 4 is 11.6 Å². The molecule has 0 saturated heterocycles. The Hall–Kier alpha value is -0.570. The summed E-state index contributed by atoms with van der Waals surface area (Å²) in [6, 6.07) is 7.43. The van der Waals surface area contributed by atoms with E-state index >= 15 is 0 Å². The molecule has 1 saturated carbocycles. The molecule has 0 radical (unpaired) electrons. The molecule has 3 unspecified atom stereocenters. The number of hydrogen-bond donors (Lipinski definition) is 1. The van der Waals surface area contributed by atoms with Crippen LogP contribution < -0.4 is 0 Å². The Morgan fingerprint density at radius 2 is 2.28 bits per heavy atom. The summed E-state index contributed by atoms with van der Waals surface area (Å²) in [4.78, 5) is 0. The van der Waals surface area contributed by atoms with Crippen LogP contribution in [0.3, 0.4) is 0 Å². The van der Waals surface area contributed by atoms with E-state index in [2.05, 4.69) is 6.92 Å². The van der Waals surface area contributed by atoms with E-state index in [1.54, 1.807) is 7.11 Å². The lowest BCUT2D eigenvalue weighted by Gasteiger charge is -2.42. The number of aliphatic hydroxyl groups is 1. The van der Waals surface area contributed by atoms with Gasteiger partial charge in [-0.1, -0.05) is 43.5 Å². The molecule has 3 heteroatoms. The van der Waals surface area contributed by atoms with Crippen LogP contribution in [0.1, 0.15) is 44.3 Å². The minimum atomic E-state index is -0.607. The first-order valence-electron chi connectivity index (χ1n) is 6.56. The predicted octanol–water partition coefficient (Wildman–Crippen LogP) is 3.97. The van der Waals surface area contributed by atoms with Gasteiger partial charge in [0.25, 0.3) is 0 Å². The fourth-order valence-electron chi connectivity index (χ4n) is 3.07. The van der Waals surface area contributed by atoms with Gasteiger partial charge in [-0.05, 0) is 36.5 Å². The van der Waals surface area contributed by atoms with Crippen LogP contribution in [0.5, 0.6) is 0 Å². The molecule has 0 aromatic heterocycles. The highest BCUT2D eigenvalue weighted by molar-refractivity contribution is 6.30. The Kier molecular flexibility index (Phi) is 4.31. The molecule has 0 aliphatic heterocycles. The summed E-state index contributed by atoms with van der Waals surface area (Å²) in [6.45, 7) is 2.22. The van der Waals surface area contributed by atoms with Gasteiger partial charge in [-0.15, -0.1) is 0 Å². The van der Waals surface area contributed by atoms with Gasteiger partial charge in [-0.3, -0.25) is 0 Å². The monoisotopic (exact) mass is 268 g/mol. The average Bonchev–Trinajstić information content (AvgIpc) is 2.37. The second-order valence-electron chi connectivity index (χ2n) is 5.43. The molecule has 1 aliphatic carbocycles. The van der Waals surface area contributed by atoms with Crippen molar-refractivity contribution in [3.05, 3.63) is 34.9 Å². The summed E-state index contributed by atoms with van der Waals surface area (Å²) in [5, 5.41) is 11.3. The molecule has 0 amide bonds. The van der Waals surface area contributed by atoms with Gasteiger partial charge in [0.1, 0.15) is 6.10 Å². The normalized spacial score (nSPS) is 30.1. The van der Waals surface area contributed by atoms with E-state index in [0.717, 1.165) is 24.8 Å². The van der Waals surface area contributed by atoms with E-state index in [-0.39, 0.29) is 0 Å². The molecule has 1 aromatic carbocycles. The molecule has 3 atom stereocenters. The van der Waals surface area contributed by atoms with Gasteiger partial charge in [0.05, 0.1) is 5.60 Å². The Morgan fingerprint density at radius 1 is 1.50 bits per heavy atom. The van der Waals surface area contributed by atoms with Crippen molar-refractivity contribution in [3.8, 4) is 0 Å². The topological polar surface area (TPSA) is 29.5 Å². The summed E-state index contributed by atoms with van der Waals surface area (Å²) < 4.78 is 5.71. The van der Waals surface area contributed by atoms with Crippen LogP contribution in [-0.2, 0) is 4.74 Å². The van der Waals surface area contributed by atoms with Crippen LogP contribution in [0.15, 0.2) is 24.3 Å². The van der Waals surface area contributed by atoms with Crippen LogP contribution in [0.4, 0.5) is 0 Å². The Bertz CT molecular complexity index is 407. The third-order valence-electron chi connectivity index (χ3n) is 4.06. The summed E-state index contributed by atoms with van der Waals surface area (Å²) in [5.41, 5.74) is 0.390. The van der Waals surface area contributed by atoms with Crippen molar-refractivity contribution in [3.63, 3.8) is 0 Å². The smallest absolute Gasteiger partial charge is 0.108 e. The van der Waals surface area contributed by atoms with Gasteiger partial charge < -0.3 is 9.84 Å². The first-order chi connectivity index (χ1) is 8.57. The lowest BCUT2D eigenvalue weighted by Crippen LogP contribution is -2.42. The van der Waals surface area contributed by atoms with Crippen molar-refractivity contribution in [2.45, 2.75) is 44.3 Å². The first kappa shape index (κ1) is 13.9. The van der Waals surface area contributed by atoms with E-state index in [0.29, 0.717) is 10.9 Å². The number of benzene rings is 1. The van der Waals surface area contributed by atoms with Crippen LogP contribution in [0.25, 0.3) is 0 Å². The molecular weight excluding hydrogens is 248 g/mol. The summed E-state index contributed by atoms with van der Waals surface area (Å²) in [6.07, 6.45) is 3.52. The fourth-order valence-corrected chi connectivity index (χ4v) is 3.27. The molecule has 2 rings (SSSR count). The number of methoxy groups -OCH3 is 1. The second kappa shape index (κ2) is 5.60. The minimum Gasteiger partial charge on any atom is -0.385 e. The van der Waals surface area contributed by atoms with Gasteiger partial charge >= 0.3 is 0 Å². The summed E-state index contributed by atoms with van der Waals surface area (Å²) in [7, 11) is 1.70. The summed E-state index contributed by atoms with van der Waals surface area (Å²) >= 11 is 5.99. The van der Waals surface area contributed by atoms with Crippen molar-refractivity contribution in [1.29, 1.82) is 0 Å². The van der Waals surface area contributed by atoms with Gasteiger partial charge in [0.15, 0.2) is 0 Å². The van der Waals surface area contributed by atoms with Crippen LogP contribution in [0.2, 0.25) is 5.02 Å². The Labute approximate surface area is 114 Å². The van der Waals surface area contributed by atoms with E-state index in [9.17, 15) is 5.11 Å². The molecule has 18 heavy (non-hydrogen) atoms. The van der Waals surface area contributed by atoms with E-state index in [1.807, 2.05) is 24.3 Å². The maximum atomic E-state index is 10.7. The zero-order chi connectivity index (χ0) is 13.2. The Balaban J connectivity index is 2.26. The molecule has 0 bridgehead atoms. The van der Waals surface area contributed by atoms with Crippen molar-refractivity contribution in [2.24, 2.45) is 5.92 Å². The molecule has 0 spiro atoms. The fraction of sp³-hybridized carbons (Fsp3) is 0.600. The number of hydrogen-bond acceptors (Lipinski definition) is 2. The highest BCUT2D eigenvalue weighted by Crippen LogP contribution is 2.43. The van der Waals surface area contributed by atoms with Crippen LogP contribution >= 0.6 is 11.6 Å². The molecule has 100 valence electrons. The summed E-state index contributed by atoms with van der Waals surface area (Å²) in [5.74, 6) is 0.590. The highest BCUT2D eigenvalue weighted by Gasteiger charge is 2.42. The van der Waals surface area contributed by atoms with E-state index in [1.165, 1.54) is 6.42 Å². The number of rotatable bonds is 3. The first-order valence-corrected chi connectivity index (χ1v) is 6.94. The van der Waals surface area contributed by atoms with E-state index < -0.39 is 11.7 Å². The standard InChI is InChI=1S/C15H21ClO2/c1-11-5-4-8-15(10-11,18-2)14(17)12-6-3-7-13(16)9-12/h3,6-7,9,11,14,17H,4-5,8,10H2,1-2H3. The van der Waals surface area contributed by atoms with Crippen molar-refractivity contribution in [2.75, 3.05) is 7.11 Å². The largest absolute Gasteiger partial charge is 0.385 e. The number of halogens is 1. The third kappa shape index (κ3) is 2.71. The van der Waals surface area contributed by atoms with Gasteiger partial charge in [-0.25, -0.2) is 0 Å². The van der Waals surface area contributed by atoms with Gasteiger partial charge in [0, 0.05) is 12.1 Å². The van der Waals surface area contributed by atoms with Gasteiger partial charge in [0.2, 0.25) is 0 Å². The number of ether oxygens (including phenoxy) is 1. The van der Waals surface area contributed by atoms with E-state index in [4.69, 9.17) is 16.3 Å². The SMILES string of the molecule is COC1(C(O)c2cccc(Cl)c2)CCCC(C)C1. The average molecular weight is 269 g/mol. The third-order valence-corrected chi connectivity index (χ3v) is 4.30. The molecule has 1 aromatic rings. The van der Waals surface area contributed by atoms with Crippen LogP contribution in [-0.4, -0.2) is 17.8 Å². The molecule has 0 heterocycles. The highest BCUT2D eigenvalue weighted by atomic mass is 35.5. The Morgan fingerprint density at radius 3 is 2.89 bits per heavy atom. The zero-order valence-electron chi connectivity index (χ0n) is 11.0. The number of aliphatic hydroxyl groups excluding tert-OH is 1. The molecule has 1 fully saturated rings. The lowest BCUT2D eigenvalue weighted by atomic mass is 9.74. The maximum absolute atomic E-state index is 10.7.